The van der Waals surface area contributed by atoms with Crippen molar-refractivity contribution in [3.63, 3.8) is 0 Å². The largest absolute Gasteiger partial charge is 0.465 e. The van der Waals surface area contributed by atoms with Crippen LogP contribution in [0.4, 0.5) is 10.5 Å². The van der Waals surface area contributed by atoms with Gasteiger partial charge in [-0.05, 0) is 52.7 Å². The maximum absolute atomic E-state index is 12.2. The lowest BCUT2D eigenvalue weighted by Gasteiger charge is -2.36. The van der Waals surface area contributed by atoms with Crippen LogP contribution in [0.2, 0.25) is 18.1 Å². The molecule has 7 heteroatoms. The topological polar surface area (TPSA) is 67.6 Å². The third-order valence-corrected chi connectivity index (χ3v) is 11.5. The van der Waals surface area contributed by atoms with Gasteiger partial charge in [0.2, 0.25) is 0 Å². The second kappa shape index (κ2) is 7.78. The highest BCUT2D eigenvalue weighted by atomic mass is 28.4. The molecule has 1 N–H and O–H groups in total. The molecule has 0 aliphatic carbocycles. The zero-order valence-electron chi connectivity index (χ0n) is 20.4. The molecule has 2 aromatic rings. The summed E-state index contributed by atoms with van der Waals surface area (Å²) in [6.07, 6.45) is 3.66. The molecule has 1 aromatic carbocycles. The van der Waals surface area contributed by atoms with E-state index in [1.54, 1.807) is 9.58 Å². The summed E-state index contributed by atoms with van der Waals surface area (Å²) >= 11 is 0. The number of anilines is 1. The Bertz CT molecular complexity index is 983. The molecular weight excluding hydrogens is 406 g/mol. The van der Waals surface area contributed by atoms with Gasteiger partial charge in [-0.2, -0.15) is 5.10 Å². The predicted molar refractivity (Wildman–Crippen MR) is 128 cm³/mol. The number of amides is 1. The molecule has 0 bridgehead atoms. The van der Waals surface area contributed by atoms with Crippen molar-refractivity contribution in [2.24, 2.45) is 12.5 Å². The van der Waals surface area contributed by atoms with Gasteiger partial charge in [0.05, 0.1) is 18.5 Å². The van der Waals surface area contributed by atoms with Crippen molar-refractivity contribution >= 4 is 20.1 Å². The van der Waals surface area contributed by atoms with Crippen molar-refractivity contribution in [3.05, 3.63) is 35.7 Å². The van der Waals surface area contributed by atoms with E-state index in [1.807, 2.05) is 31.6 Å². The molecule has 1 aliphatic heterocycles. The van der Waals surface area contributed by atoms with Crippen LogP contribution in [0.5, 0.6) is 0 Å². The zero-order chi connectivity index (χ0) is 23.4. The third-order valence-electron chi connectivity index (χ3n) is 6.98. The molecule has 0 fully saturated rings. The second-order valence-corrected chi connectivity index (χ2v) is 16.1. The second-order valence-electron chi connectivity index (χ2n) is 11.3. The molecule has 6 nitrogen and oxygen atoms in total. The van der Waals surface area contributed by atoms with Crippen LogP contribution in [0.15, 0.2) is 24.5 Å². The lowest BCUT2D eigenvalue weighted by Crippen LogP contribution is -2.44. The molecule has 170 valence electrons. The SMILES string of the molecule is Cn1cc(-c2ccc3c(c2CO[Si](C)(C)C(C)(C)C)CC(C(C)(C)C)N3C(=O)O)cn1. The fourth-order valence-electron chi connectivity index (χ4n) is 3.98. The first kappa shape index (κ1) is 23.5. The third kappa shape index (κ3) is 4.43. The van der Waals surface area contributed by atoms with Crippen LogP contribution in [0.3, 0.4) is 0 Å². The Hall–Kier alpha value is -2.12. The van der Waals surface area contributed by atoms with Crippen LogP contribution in [-0.4, -0.2) is 35.3 Å². The Balaban J connectivity index is 2.14. The number of carboxylic acid groups (broad SMARTS) is 1. The summed E-state index contributed by atoms with van der Waals surface area (Å²) < 4.78 is 8.43. The van der Waals surface area contributed by atoms with E-state index >= 15 is 0 Å². The summed E-state index contributed by atoms with van der Waals surface area (Å²) in [7, 11) is -0.0750. The number of hydrogen-bond donors (Lipinski definition) is 1. The van der Waals surface area contributed by atoms with E-state index in [1.165, 1.54) is 0 Å². The Morgan fingerprint density at radius 1 is 1.23 bits per heavy atom. The normalized spacial score (nSPS) is 17.2. The van der Waals surface area contributed by atoms with E-state index in [0.717, 1.165) is 27.9 Å². The van der Waals surface area contributed by atoms with Crippen molar-refractivity contribution in [2.45, 2.75) is 78.7 Å². The van der Waals surface area contributed by atoms with Gasteiger partial charge in [0.1, 0.15) is 0 Å². The molecule has 2 heterocycles. The van der Waals surface area contributed by atoms with Crippen molar-refractivity contribution in [1.82, 2.24) is 9.78 Å². The van der Waals surface area contributed by atoms with Crippen LogP contribution < -0.4 is 4.90 Å². The smallest absolute Gasteiger partial charge is 0.412 e. The van der Waals surface area contributed by atoms with E-state index in [4.69, 9.17) is 4.43 Å². The minimum absolute atomic E-state index is 0.0977. The average Bonchev–Trinajstić information content (AvgIpc) is 3.21. The Labute approximate surface area is 187 Å². The highest BCUT2D eigenvalue weighted by molar-refractivity contribution is 6.74. The van der Waals surface area contributed by atoms with Crippen LogP contribution in [0.1, 0.15) is 52.7 Å². The number of aryl methyl sites for hydroxylation is 1. The first-order valence-electron chi connectivity index (χ1n) is 10.9. The molecule has 0 spiro atoms. The summed E-state index contributed by atoms with van der Waals surface area (Å²) in [5.74, 6) is 0. The molecule has 1 atom stereocenters. The monoisotopic (exact) mass is 443 g/mol. The van der Waals surface area contributed by atoms with E-state index in [0.29, 0.717) is 13.0 Å². The number of aromatic nitrogens is 2. The van der Waals surface area contributed by atoms with Crippen molar-refractivity contribution in [3.8, 4) is 11.1 Å². The minimum atomic E-state index is -1.98. The van der Waals surface area contributed by atoms with Gasteiger partial charge in [0.15, 0.2) is 8.32 Å². The van der Waals surface area contributed by atoms with Crippen molar-refractivity contribution in [1.29, 1.82) is 0 Å². The standard InChI is InChI=1S/C24H37N3O3Si/c1-23(2,3)21-12-18-19(15-30-31(8,9)24(4,5)6)17(16-13-25-26(7)14-16)10-11-20(18)27(21)22(28)29/h10-11,13-14,21H,12,15H2,1-9H3,(H,28,29). The fourth-order valence-corrected chi connectivity index (χ4v) is 4.92. The van der Waals surface area contributed by atoms with E-state index in [2.05, 4.69) is 59.7 Å². The summed E-state index contributed by atoms with van der Waals surface area (Å²) in [6.45, 7) is 18.0. The molecule has 1 aromatic heterocycles. The maximum atomic E-state index is 12.2. The number of carbonyl (C=O) groups is 1. The molecule has 1 unspecified atom stereocenters. The molecule has 0 saturated heterocycles. The highest BCUT2D eigenvalue weighted by Gasteiger charge is 2.43. The van der Waals surface area contributed by atoms with E-state index in [9.17, 15) is 9.90 Å². The van der Waals surface area contributed by atoms with Crippen molar-refractivity contribution in [2.75, 3.05) is 4.90 Å². The maximum Gasteiger partial charge on any atom is 0.412 e. The fraction of sp³-hybridized carbons (Fsp3) is 0.583. The molecule has 31 heavy (non-hydrogen) atoms. The summed E-state index contributed by atoms with van der Waals surface area (Å²) in [5.41, 5.74) is 4.89. The first-order valence-corrected chi connectivity index (χ1v) is 13.8. The molecule has 0 saturated carbocycles. The Kier molecular flexibility index (Phi) is 5.91. The van der Waals surface area contributed by atoms with Crippen LogP contribution in [0, 0.1) is 5.41 Å². The molecule has 1 amide bonds. The molecular formula is C24H37N3O3Si. The van der Waals surface area contributed by atoms with Crippen LogP contribution in [0.25, 0.3) is 11.1 Å². The number of hydrogen-bond acceptors (Lipinski definition) is 3. The molecule has 0 radical (unpaired) electrons. The van der Waals surface area contributed by atoms with E-state index < -0.39 is 14.4 Å². The summed E-state index contributed by atoms with van der Waals surface area (Å²) in [5, 5.41) is 14.5. The van der Waals surface area contributed by atoms with Gasteiger partial charge in [0, 0.05) is 24.8 Å². The molecule has 1 aliphatic rings. The minimum Gasteiger partial charge on any atom is -0.465 e. The van der Waals surface area contributed by atoms with E-state index in [-0.39, 0.29) is 16.5 Å². The van der Waals surface area contributed by atoms with Crippen LogP contribution >= 0.6 is 0 Å². The Morgan fingerprint density at radius 2 is 1.87 bits per heavy atom. The predicted octanol–water partition coefficient (Wildman–Crippen LogP) is 6.06. The van der Waals surface area contributed by atoms with Gasteiger partial charge < -0.3 is 9.53 Å². The number of rotatable bonds is 4. The van der Waals surface area contributed by atoms with Crippen molar-refractivity contribution < 1.29 is 14.3 Å². The number of fused-ring (bicyclic) bond motifs is 1. The highest BCUT2D eigenvalue weighted by Crippen LogP contribution is 2.45. The van der Waals surface area contributed by atoms with Gasteiger partial charge in [-0.1, -0.05) is 47.6 Å². The summed E-state index contributed by atoms with van der Waals surface area (Å²) in [4.78, 5) is 13.8. The number of nitrogens with zero attached hydrogens (tertiary/aromatic N) is 3. The van der Waals surface area contributed by atoms with Gasteiger partial charge >= 0.3 is 6.09 Å². The lowest BCUT2D eigenvalue weighted by molar-refractivity contribution is 0.191. The summed E-state index contributed by atoms with van der Waals surface area (Å²) in [6, 6.07) is 3.87. The number of benzene rings is 1. The van der Waals surface area contributed by atoms with Crippen LogP contribution in [-0.2, 0) is 24.5 Å². The zero-order valence-corrected chi connectivity index (χ0v) is 21.4. The van der Waals surface area contributed by atoms with Gasteiger partial charge in [-0.15, -0.1) is 0 Å². The lowest BCUT2D eigenvalue weighted by atomic mass is 9.83. The molecule has 3 rings (SSSR count). The average molecular weight is 444 g/mol. The Morgan fingerprint density at radius 3 is 2.35 bits per heavy atom. The van der Waals surface area contributed by atoms with Gasteiger partial charge in [0.25, 0.3) is 0 Å². The van der Waals surface area contributed by atoms with Gasteiger partial charge in [-0.25, -0.2) is 4.79 Å². The quantitative estimate of drug-likeness (QED) is 0.583. The van der Waals surface area contributed by atoms with Gasteiger partial charge in [-0.3, -0.25) is 9.58 Å². The first-order chi connectivity index (χ1) is 14.1.